The van der Waals surface area contributed by atoms with Crippen molar-refractivity contribution in [2.24, 2.45) is 5.92 Å². The van der Waals surface area contributed by atoms with E-state index in [0.717, 1.165) is 23.3 Å². The Morgan fingerprint density at radius 3 is 2.71 bits per heavy atom. The summed E-state index contributed by atoms with van der Waals surface area (Å²) in [7, 11) is 2.11. The van der Waals surface area contributed by atoms with E-state index >= 15 is 0 Å². The van der Waals surface area contributed by atoms with Crippen LogP contribution in [0.1, 0.15) is 11.8 Å². The van der Waals surface area contributed by atoms with Crippen molar-refractivity contribution in [3.05, 3.63) is 21.3 Å². The number of halogens is 2. The van der Waals surface area contributed by atoms with Gasteiger partial charge >= 0.3 is 0 Å². The predicted octanol–water partition coefficient (Wildman–Crippen LogP) is 3.71. The van der Waals surface area contributed by atoms with Crippen LogP contribution in [0, 0.1) is 5.92 Å². The van der Waals surface area contributed by atoms with E-state index in [9.17, 15) is 0 Å². The van der Waals surface area contributed by atoms with Gasteiger partial charge in [0.05, 0.1) is 4.34 Å². The van der Waals surface area contributed by atoms with Gasteiger partial charge in [0.2, 0.25) is 0 Å². The minimum absolute atomic E-state index is 0.539. The Bertz CT molecular complexity index is 275. The molecule has 0 saturated heterocycles. The Kier molecular flexibility index (Phi) is 5.24. The van der Waals surface area contributed by atoms with Crippen molar-refractivity contribution in [3.63, 3.8) is 0 Å². The molecule has 1 nitrogen and oxygen atoms in total. The lowest BCUT2D eigenvalue weighted by Crippen LogP contribution is -2.24. The third-order valence-electron chi connectivity index (χ3n) is 1.94. The van der Waals surface area contributed by atoms with Gasteiger partial charge < -0.3 is 4.90 Å². The smallest absolute Gasteiger partial charge is 0.0931 e. The molecule has 1 unspecified atom stereocenters. The maximum Gasteiger partial charge on any atom is 0.0931 e. The standard InChI is InChI=1S/C10H15Cl2NS/c1-8(5-11)6-13(2)7-9-3-4-10(12)14-9/h3-4,8H,5-7H2,1-2H3. The van der Waals surface area contributed by atoms with E-state index in [2.05, 4.69) is 24.9 Å². The minimum Gasteiger partial charge on any atom is -0.301 e. The minimum atomic E-state index is 0.539. The number of nitrogens with zero attached hydrogens (tertiary/aromatic N) is 1. The second kappa shape index (κ2) is 5.96. The van der Waals surface area contributed by atoms with Gasteiger partial charge in [0.25, 0.3) is 0 Å². The van der Waals surface area contributed by atoms with Crippen molar-refractivity contribution in [2.75, 3.05) is 19.5 Å². The van der Waals surface area contributed by atoms with E-state index in [1.807, 2.05) is 6.07 Å². The Labute approximate surface area is 99.6 Å². The third-order valence-corrected chi connectivity index (χ3v) is 3.68. The van der Waals surface area contributed by atoms with Crippen LogP contribution in [0.3, 0.4) is 0 Å². The second-order valence-electron chi connectivity index (χ2n) is 3.66. The van der Waals surface area contributed by atoms with Gasteiger partial charge in [-0.3, -0.25) is 0 Å². The van der Waals surface area contributed by atoms with Crippen LogP contribution in [-0.4, -0.2) is 24.4 Å². The fourth-order valence-corrected chi connectivity index (χ4v) is 2.61. The third kappa shape index (κ3) is 4.18. The number of hydrogen-bond donors (Lipinski definition) is 0. The number of rotatable bonds is 5. The lowest BCUT2D eigenvalue weighted by molar-refractivity contribution is 0.292. The van der Waals surface area contributed by atoms with Crippen LogP contribution in [0.2, 0.25) is 4.34 Å². The lowest BCUT2D eigenvalue weighted by atomic mass is 10.2. The van der Waals surface area contributed by atoms with Crippen LogP contribution in [0.5, 0.6) is 0 Å². The fourth-order valence-electron chi connectivity index (χ4n) is 1.35. The van der Waals surface area contributed by atoms with Crippen molar-refractivity contribution >= 4 is 34.5 Å². The molecule has 1 atom stereocenters. The average Bonchev–Trinajstić information content (AvgIpc) is 2.50. The first kappa shape index (κ1) is 12.3. The molecule has 1 heterocycles. The van der Waals surface area contributed by atoms with Crippen LogP contribution < -0.4 is 0 Å². The molecule has 80 valence electrons. The highest BCUT2D eigenvalue weighted by Gasteiger charge is 2.07. The largest absolute Gasteiger partial charge is 0.301 e. The molecule has 0 saturated carbocycles. The second-order valence-corrected chi connectivity index (χ2v) is 5.77. The highest BCUT2D eigenvalue weighted by atomic mass is 35.5. The van der Waals surface area contributed by atoms with Gasteiger partial charge in [0, 0.05) is 23.8 Å². The molecule has 0 aliphatic heterocycles. The highest BCUT2D eigenvalue weighted by molar-refractivity contribution is 7.16. The molecule has 14 heavy (non-hydrogen) atoms. The lowest BCUT2D eigenvalue weighted by Gasteiger charge is -2.18. The molecule has 0 aliphatic carbocycles. The summed E-state index contributed by atoms with van der Waals surface area (Å²) < 4.78 is 0.860. The zero-order valence-corrected chi connectivity index (χ0v) is 10.8. The van der Waals surface area contributed by atoms with Crippen LogP contribution in [-0.2, 0) is 6.54 Å². The van der Waals surface area contributed by atoms with Crippen LogP contribution >= 0.6 is 34.5 Å². The maximum atomic E-state index is 5.86. The van der Waals surface area contributed by atoms with Gasteiger partial charge in [0.15, 0.2) is 0 Å². The Balaban J connectivity index is 2.37. The topological polar surface area (TPSA) is 3.24 Å². The zero-order chi connectivity index (χ0) is 10.6. The van der Waals surface area contributed by atoms with E-state index in [0.29, 0.717) is 5.92 Å². The molecule has 0 spiro atoms. The molecule has 0 radical (unpaired) electrons. The molecular weight excluding hydrogens is 237 g/mol. The fraction of sp³-hybridized carbons (Fsp3) is 0.600. The van der Waals surface area contributed by atoms with Crippen LogP contribution in [0.25, 0.3) is 0 Å². The number of alkyl halides is 1. The molecule has 0 bridgehead atoms. The van der Waals surface area contributed by atoms with Gasteiger partial charge in [-0.1, -0.05) is 18.5 Å². The quantitative estimate of drug-likeness (QED) is 0.722. The van der Waals surface area contributed by atoms with Crippen molar-refractivity contribution in [1.29, 1.82) is 0 Å². The summed E-state index contributed by atoms with van der Waals surface area (Å²) in [5, 5.41) is 0. The first-order valence-corrected chi connectivity index (χ1v) is 6.33. The highest BCUT2D eigenvalue weighted by Crippen LogP contribution is 2.22. The molecule has 0 aromatic carbocycles. The molecule has 0 N–H and O–H groups in total. The average molecular weight is 252 g/mol. The van der Waals surface area contributed by atoms with Gasteiger partial charge in [-0.2, -0.15) is 0 Å². The van der Waals surface area contributed by atoms with Crippen LogP contribution in [0.4, 0.5) is 0 Å². The van der Waals surface area contributed by atoms with Crippen molar-refractivity contribution in [3.8, 4) is 0 Å². The summed E-state index contributed by atoms with van der Waals surface area (Å²) in [6.45, 7) is 4.14. The van der Waals surface area contributed by atoms with E-state index in [1.54, 1.807) is 11.3 Å². The summed E-state index contributed by atoms with van der Waals surface area (Å²) >= 11 is 13.3. The van der Waals surface area contributed by atoms with Gasteiger partial charge in [0.1, 0.15) is 0 Å². The number of thiophene rings is 1. The Morgan fingerprint density at radius 2 is 2.21 bits per heavy atom. The summed E-state index contributed by atoms with van der Waals surface area (Å²) in [6.07, 6.45) is 0. The van der Waals surface area contributed by atoms with E-state index in [4.69, 9.17) is 23.2 Å². The molecule has 1 aromatic rings. The number of hydrogen-bond acceptors (Lipinski definition) is 2. The molecule has 0 aliphatic rings. The van der Waals surface area contributed by atoms with Gasteiger partial charge in [-0.25, -0.2) is 0 Å². The summed E-state index contributed by atoms with van der Waals surface area (Å²) in [5.41, 5.74) is 0. The molecule has 1 aromatic heterocycles. The van der Waals surface area contributed by atoms with E-state index in [-0.39, 0.29) is 0 Å². The Hall–Kier alpha value is 0.240. The van der Waals surface area contributed by atoms with E-state index < -0.39 is 0 Å². The van der Waals surface area contributed by atoms with E-state index in [1.165, 1.54) is 4.88 Å². The van der Waals surface area contributed by atoms with Gasteiger partial charge in [-0.05, 0) is 25.1 Å². The summed E-state index contributed by atoms with van der Waals surface area (Å²) in [5.74, 6) is 1.26. The van der Waals surface area contributed by atoms with Gasteiger partial charge in [-0.15, -0.1) is 22.9 Å². The predicted molar refractivity (Wildman–Crippen MR) is 65.5 cm³/mol. The monoisotopic (exact) mass is 251 g/mol. The Morgan fingerprint density at radius 1 is 1.50 bits per heavy atom. The first-order chi connectivity index (χ1) is 6.61. The van der Waals surface area contributed by atoms with Crippen molar-refractivity contribution in [1.82, 2.24) is 4.90 Å². The summed E-state index contributed by atoms with van der Waals surface area (Å²) in [4.78, 5) is 3.58. The molecule has 0 amide bonds. The molecule has 0 fully saturated rings. The molecule has 4 heteroatoms. The molecular formula is C10H15Cl2NS. The molecule has 1 rings (SSSR count). The SMILES string of the molecule is CC(CCl)CN(C)Cc1ccc(Cl)s1. The van der Waals surface area contributed by atoms with Crippen LogP contribution in [0.15, 0.2) is 12.1 Å². The van der Waals surface area contributed by atoms with Crippen molar-refractivity contribution < 1.29 is 0 Å². The normalized spacial score (nSPS) is 13.5. The first-order valence-electron chi connectivity index (χ1n) is 4.60. The maximum absolute atomic E-state index is 5.86. The van der Waals surface area contributed by atoms with Crippen molar-refractivity contribution in [2.45, 2.75) is 13.5 Å². The summed E-state index contributed by atoms with van der Waals surface area (Å²) in [6, 6.07) is 4.02. The zero-order valence-electron chi connectivity index (χ0n) is 8.46.